The third-order valence-corrected chi connectivity index (χ3v) is 10.7. The second-order valence-electron chi connectivity index (χ2n) is 19.6. The molecule has 2 aliphatic heterocycles. The molecule has 0 unspecified atom stereocenters. The SMILES string of the molecule is CC(C)=O.CC(C)=O.F[P-](F)(F)(F)(F)F.F[P-](F)(F)(F)(F)F.O=C(OCc1ccc2c(c1)OCCOCCOCCOCCOc1cc(COC(=O)c3cccnc3)ccc1OCCOCCOCCOCCO2)c1cccnc1.c1cc[n+]2c(c1)-c1cccc[n+]1CC2. The molecule has 2 aliphatic rings. The smallest absolute Gasteiger partial charge is 0.340 e. The average molecular weight is 1400 g/mol. The second kappa shape index (κ2) is 38.0. The van der Waals surface area contributed by atoms with Crippen LogP contribution in [-0.2, 0) is 73.8 Å². The second-order valence-corrected chi connectivity index (χ2v) is 23.4. The van der Waals surface area contributed by atoms with Crippen LogP contribution in [0, 0.1) is 0 Å². The van der Waals surface area contributed by atoms with E-state index in [9.17, 15) is 69.5 Å². The van der Waals surface area contributed by atoms with Crippen LogP contribution in [0.3, 0.4) is 0 Å². The Hall–Kier alpha value is -7.70. The number of ketones is 2. The summed E-state index contributed by atoms with van der Waals surface area (Å²) in [6, 6.07) is 30.0. The van der Waals surface area contributed by atoms with Gasteiger partial charge in [-0.05, 0) is 99.5 Å². The molecular formula is C60H74F12N4O16P2. The van der Waals surface area contributed by atoms with E-state index in [1.807, 2.05) is 0 Å². The molecule has 6 heterocycles. The van der Waals surface area contributed by atoms with Crippen LogP contribution in [0.15, 0.2) is 134 Å². The molecule has 0 saturated carbocycles. The van der Waals surface area contributed by atoms with Gasteiger partial charge in [-0.3, -0.25) is 9.97 Å². The van der Waals surface area contributed by atoms with E-state index in [2.05, 4.69) is 67.9 Å². The van der Waals surface area contributed by atoms with E-state index in [-0.39, 0.29) is 51.2 Å². The van der Waals surface area contributed by atoms with Crippen molar-refractivity contribution in [2.45, 2.75) is 54.0 Å². The Kier molecular flexibility index (Phi) is 32.6. The molecule has 0 fully saturated rings. The largest absolute Gasteiger partial charge is 0.487 e. The minimum Gasteiger partial charge on any atom is -0.487 e. The molecule has 6 aromatic rings. The standard InChI is InChI=1S/C42H50N2O14.C12H12N2.2C3H6O.2F6P/c45-41(35-3-1-9-43-29-35)57-31-33-5-7-37-39(27-33)55-25-21-51-17-13-48-14-18-52-22-26-56-40-28-34(32-58-42(46)36-4-2-10-44-30-36)6-8-38(40)54-24-20-50-16-12-47-11-15-49-19-23-53-37;1-3-7-13-9-10-14-8-4-2-6-12(14)11(13)5-1;2*1-3(2)4;2*1-7(2,3,4,5)6/h1-10,27-30H,11-26,31-32H2;1-8H,9-10H2;2*1-2H3;;/q;+2;;;2*-1. The van der Waals surface area contributed by atoms with Crippen LogP contribution >= 0.6 is 15.6 Å². The van der Waals surface area contributed by atoms with E-state index in [0.29, 0.717) is 113 Å². The topological polar surface area (TPSA) is 213 Å². The van der Waals surface area contributed by atoms with E-state index in [0.717, 1.165) is 24.2 Å². The van der Waals surface area contributed by atoms with Gasteiger partial charge in [-0.1, -0.05) is 12.1 Å². The molecule has 20 nitrogen and oxygen atoms in total. The molecule has 34 heteroatoms. The zero-order valence-corrected chi connectivity index (χ0v) is 53.4. The number of Topliss-reactive ketones (excluding diaryl/α,β-unsaturated/α-hetero) is 2. The summed E-state index contributed by atoms with van der Waals surface area (Å²) in [5.74, 6) is 1.38. The van der Waals surface area contributed by atoms with Gasteiger partial charge in [0.05, 0.1) is 90.4 Å². The maximum Gasteiger partial charge on any atom is 0.340 e. The summed E-state index contributed by atoms with van der Waals surface area (Å²) in [6.07, 6.45) is 10.4. The van der Waals surface area contributed by atoms with Gasteiger partial charge in [0.25, 0.3) is 11.4 Å². The van der Waals surface area contributed by atoms with Crippen LogP contribution in [0.5, 0.6) is 23.0 Å². The first-order chi connectivity index (χ1) is 44.0. The summed E-state index contributed by atoms with van der Waals surface area (Å²) in [4.78, 5) is 51.6. The molecule has 0 saturated heterocycles. The number of carbonyl (C=O) groups excluding carboxylic acids is 4. The number of fused-ring (bicyclic) bond motifs is 5. The van der Waals surface area contributed by atoms with E-state index in [1.54, 1.807) is 73.1 Å². The third-order valence-electron chi connectivity index (χ3n) is 10.7. The minimum atomic E-state index is -10.7. The number of benzene rings is 2. The summed E-state index contributed by atoms with van der Waals surface area (Å²) in [6.45, 7) is 13.7. The normalized spacial score (nSPS) is 16.0. The molecule has 0 atom stereocenters. The number of esters is 2. The van der Waals surface area contributed by atoms with Crippen LogP contribution < -0.4 is 28.1 Å². The third kappa shape index (κ3) is 44.0. The van der Waals surface area contributed by atoms with Gasteiger partial charge in [-0.25, -0.2) is 9.59 Å². The predicted molar refractivity (Wildman–Crippen MR) is 319 cm³/mol. The number of aromatic nitrogens is 4. The van der Waals surface area contributed by atoms with Crippen LogP contribution in [0.25, 0.3) is 11.4 Å². The molecule has 0 spiro atoms. The van der Waals surface area contributed by atoms with Gasteiger partial charge in [0.2, 0.25) is 13.1 Å². The van der Waals surface area contributed by atoms with Crippen molar-refractivity contribution in [3.8, 4) is 34.4 Å². The minimum absolute atomic E-state index is 0.0417. The van der Waals surface area contributed by atoms with Gasteiger partial charge in [-0.15, -0.1) is 0 Å². The van der Waals surface area contributed by atoms with Crippen molar-refractivity contribution in [1.82, 2.24) is 9.97 Å². The molecule has 0 amide bonds. The molecule has 8 rings (SSSR count). The number of ether oxygens (including phenoxy) is 12. The Morgan fingerprint density at radius 2 is 0.670 bits per heavy atom. The average Bonchev–Trinajstić information content (AvgIpc) is 0.753. The molecule has 0 aliphatic carbocycles. The number of halogens is 12. The van der Waals surface area contributed by atoms with Crippen LogP contribution in [0.4, 0.5) is 50.4 Å². The molecule has 94 heavy (non-hydrogen) atoms. The van der Waals surface area contributed by atoms with Crippen molar-refractivity contribution in [3.63, 3.8) is 0 Å². The van der Waals surface area contributed by atoms with Gasteiger partial charge in [-0.2, -0.15) is 9.13 Å². The molecule has 0 radical (unpaired) electrons. The van der Waals surface area contributed by atoms with Crippen LogP contribution in [-0.4, -0.2) is 139 Å². The maximum absolute atomic E-state index is 12.4. The summed E-state index contributed by atoms with van der Waals surface area (Å²) in [5.41, 5.74) is 4.79. The summed E-state index contributed by atoms with van der Waals surface area (Å²) in [5, 5.41) is 0. The fraction of sp³-hybridized carbons (Fsp3) is 0.400. The fourth-order valence-corrected chi connectivity index (χ4v) is 7.13. The van der Waals surface area contributed by atoms with E-state index < -0.39 is 27.6 Å². The molecule has 2 aromatic carbocycles. The number of aryl methyl sites for hydroxylation is 2. The zero-order valence-electron chi connectivity index (χ0n) is 51.6. The Balaban J connectivity index is 0.000000510. The number of rotatable bonds is 6. The van der Waals surface area contributed by atoms with Crippen molar-refractivity contribution in [1.29, 1.82) is 0 Å². The van der Waals surface area contributed by atoms with Crippen molar-refractivity contribution in [2.24, 2.45) is 0 Å². The molecular weight excluding hydrogens is 1320 g/mol. The Labute approximate surface area is 533 Å². The van der Waals surface area contributed by atoms with Gasteiger partial charge in [0, 0.05) is 49.1 Å². The quantitative estimate of drug-likeness (QED) is 0.0656. The maximum atomic E-state index is 12.4. The van der Waals surface area contributed by atoms with E-state index in [4.69, 9.17) is 56.8 Å². The summed E-state index contributed by atoms with van der Waals surface area (Å²) < 4.78 is 192. The van der Waals surface area contributed by atoms with Crippen LogP contribution in [0.2, 0.25) is 0 Å². The first-order valence-electron chi connectivity index (χ1n) is 28.4. The zero-order chi connectivity index (χ0) is 69.7. The summed E-state index contributed by atoms with van der Waals surface area (Å²) in [7, 11) is -21.3. The van der Waals surface area contributed by atoms with Gasteiger partial charge < -0.3 is 66.4 Å². The number of nitrogens with zero attached hydrogens (tertiary/aromatic N) is 4. The molecule has 524 valence electrons. The number of pyridine rings is 4. The van der Waals surface area contributed by atoms with Crippen LogP contribution in [0.1, 0.15) is 59.5 Å². The Morgan fingerprint density at radius 3 is 0.947 bits per heavy atom. The fourth-order valence-electron chi connectivity index (χ4n) is 7.13. The van der Waals surface area contributed by atoms with Gasteiger partial charge >= 0.3 is 77.9 Å². The number of hydrogen-bond acceptors (Lipinski definition) is 18. The van der Waals surface area contributed by atoms with E-state index >= 15 is 0 Å². The van der Waals surface area contributed by atoms with Gasteiger partial charge in [0.1, 0.15) is 51.2 Å². The van der Waals surface area contributed by atoms with Gasteiger partial charge in [0.15, 0.2) is 35.4 Å². The number of hydrogen-bond donors (Lipinski definition) is 0. The molecule has 0 bridgehead atoms. The Morgan fingerprint density at radius 1 is 0.394 bits per heavy atom. The van der Waals surface area contributed by atoms with E-state index in [1.165, 1.54) is 51.5 Å². The molecule has 4 aromatic heterocycles. The predicted octanol–water partition coefficient (Wildman–Crippen LogP) is 13.4. The Bertz CT molecular complexity index is 3020. The molecule has 0 N–H and O–H groups in total. The number of carbonyl (C=O) groups is 4. The monoisotopic (exact) mass is 1400 g/mol. The first-order valence-corrected chi connectivity index (χ1v) is 32.4. The first kappa shape index (κ1) is 80.5. The summed E-state index contributed by atoms with van der Waals surface area (Å²) >= 11 is 0. The van der Waals surface area contributed by atoms with Crippen molar-refractivity contribution in [3.05, 3.63) is 156 Å². The van der Waals surface area contributed by atoms with Crippen molar-refractivity contribution in [2.75, 3.05) is 106 Å². The van der Waals surface area contributed by atoms with Crippen molar-refractivity contribution < 1.29 is 136 Å². The van der Waals surface area contributed by atoms with Crippen molar-refractivity contribution >= 4 is 39.1 Å².